The summed E-state index contributed by atoms with van der Waals surface area (Å²) < 4.78 is 0. The summed E-state index contributed by atoms with van der Waals surface area (Å²) in [5.41, 5.74) is 0.0247. The van der Waals surface area contributed by atoms with Crippen molar-refractivity contribution < 1.29 is 14.7 Å². The average molecular weight is 272 g/mol. The van der Waals surface area contributed by atoms with Crippen molar-refractivity contribution in [1.82, 2.24) is 9.88 Å². The summed E-state index contributed by atoms with van der Waals surface area (Å²) in [6, 6.07) is 2.77. The minimum atomic E-state index is -1.10. The van der Waals surface area contributed by atoms with Crippen LogP contribution in [0.1, 0.15) is 16.8 Å². The summed E-state index contributed by atoms with van der Waals surface area (Å²) in [7, 11) is 3.31. The van der Waals surface area contributed by atoms with Gasteiger partial charge in [0.15, 0.2) is 0 Å². The molecule has 0 unspecified atom stereocenters. The Labute approximate surface area is 110 Å². The summed E-state index contributed by atoms with van der Waals surface area (Å²) in [6.45, 7) is 0.296. The molecule has 0 saturated heterocycles. The van der Waals surface area contributed by atoms with E-state index in [2.05, 4.69) is 10.3 Å². The number of hydrogen-bond donors (Lipinski definition) is 2. The second-order valence-electron chi connectivity index (χ2n) is 3.80. The van der Waals surface area contributed by atoms with Crippen molar-refractivity contribution in [3.05, 3.63) is 22.8 Å². The van der Waals surface area contributed by atoms with E-state index in [-0.39, 0.29) is 28.9 Å². The zero-order valence-corrected chi connectivity index (χ0v) is 10.9. The zero-order valence-electron chi connectivity index (χ0n) is 10.1. The van der Waals surface area contributed by atoms with E-state index in [0.29, 0.717) is 6.54 Å². The molecule has 2 N–H and O–H groups in total. The Bertz CT molecular complexity index is 463. The van der Waals surface area contributed by atoms with Crippen molar-refractivity contribution in [3.63, 3.8) is 0 Å². The molecular formula is C11H14ClN3O3. The van der Waals surface area contributed by atoms with Crippen LogP contribution in [0, 0.1) is 0 Å². The predicted molar refractivity (Wildman–Crippen MR) is 68.0 cm³/mol. The number of rotatable bonds is 5. The molecule has 0 aliphatic rings. The number of carbonyl (C=O) groups excluding carboxylic acids is 1. The van der Waals surface area contributed by atoms with Gasteiger partial charge >= 0.3 is 5.97 Å². The Hall–Kier alpha value is -1.82. The molecular weight excluding hydrogens is 258 g/mol. The highest BCUT2D eigenvalue weighted by Gasteiger charge is 2.12. The number of pyridine rings is 1. The Kier molecular flexibility index (Phi) is 4.91. The molecule has 1 rings (SSSR count). The molecule has 0 atom stereocenters. The van der Waals surface area contributed by atoms with E-state index in [1.165, 1.54) is 17.0 Å². The third kappa shape index (κ3) is 3.89. The standard InChI is InChI=1S/C11H14ClN3O3/c1-15(2)9(16)5-6-13-10-7(11(17)18)3-4-8(12)14-10/h3-4H,5-6H2,1-2H3,(H,13,14)(H,17,18). The summed E-state index contributed by atoms with van der Waals surface area (Å²) in [5, 5.41) is 11.9. The lowest BCUT2D eigenvalue weighted by molar-refractivity contribution is -0.128. The number of nitrogens with zero attached hydrogens (tertiary/aromatic N) is 2. The third-order valence-corrected chi connectivity index (χ3v) is 2.43. The Morgan fingerprint density at radius 2 is 2.11 bits per heavy atom. The summed E-state index contributed by atoms with van der Waals surface area (Å²) in [6.07, 6.45) is 0.250. The molecule has 0 fully saturated rings. The molecule has 7 heteroatoms. The van der Waals surface area contributed by atoms with Gasteiger partial charge in [0.05, 0.1) is 0 Å². The number of halogens is 1. The normalized spacial score (nSPS) is 9.94. The fourth-order valence-corrected chi connectivity index (χ4v) is 1.40. The topological polar surface area (TPSA) is 82.5 Å². The van der Waals surface area contributed by atoms with Gasteiger partial charge in [0.2, 0.25) is 5.91 Å². The number of carboxylic acid groups (broad SMARTS) is 1. The van der Waals surface area contributed by atoms with Crippen LogP contribution in [0.15, 0.2) is 12.1 Å². The van der Waals surface area contributed by atoms with Gasteiger partial charge in [-0.3, -0.25) is 4.79 Å². The van der Waals surface area contributed by atoms with Gasteiger partial charge < -0.3 is 15.3 Å². The summed E-state index contributed by atoms with van der Waals surface area (Å²) in [4.78, 5) is 27.6. The van der Waals surface area contributed by atoms with Gasteiger partial charge in [-0.25, -0.2) is 9.78 Å². The SMILES string of the molecule is CN(C)C(=O)CCNc1nc(Cl)ccc1C(=O)O. The smallest absolute Gasteiger partial charge is 0.339 e. The molecule has 0 aliphatic carbocycles. The van der Waals surface area contributed by atoms with Gasteiger partial charge in [0.1, 0.15) is 16.5 Å². The van der Waals surface area contributed by atoms with Crippen LogP contribution in [0.5, 0.6) is 0 Å². The van der Waals surface area contributed by atoms with Gasteiger partial charge in [-0.05, 0) is 12.1 Å². The number of carbonyl (C=O) groups is 2. The number of nitrogens with one attached hydrogen (secondary N) is 1. The monoisotopic (exact) mass is 271 g/mol. The molecule has 0 bridgehead atoms. The van der Waals surface area contributed by atoms with Crippen LogP contribution in [0.2, 0.25) is 5.15 Å². The maximum Gasteiger partial charge on any atom is 0.339 e. The fraction of sp³-hybridized carbons (Fsp3) is 0.364. The van der Waals surface area contributed by atoms with Crippen molar-refractivity contribution in [2.75, 3.05) is 26.0 Å². The van der Waals surface area contributed by atoms with E-state index in [1.807, 2.05) is 0 Å². The van der Waals surface area contributed by atoms with Crippen molar-refractivity contribution in [1.29, 1.82) is 0 Å². The number of amides is 1. The largest absolute Gasteiger partial charge is 0.478 e. The molecule has 6 nitrogen and oxygen atoms in total. The number of carboxylic acids is 1. The van der Waals surface area contributed by atoms with E-state index in [0.717, 1.165) is 0 Å². The molecule has 1 heterocycles. The van der Waals surface area contributed by atoms with E-state index in [9.17, 15) is 9.59 Å². The van der Waals surface area contributed by atoms with Crippen LogP contribution in [0.25, 0.3) is 0 Å². The lowest BCUT2D eigenvalue weighted by atomic mass is 10.2. The van der Waals surface area contributed by atoms with Gasteiger partial charge in [-0.1, -0.05) is 11.6 Å². The van der Waals surface area contributed by atoms with Crippen molar-refractivity contribution >= 4 is 29.3 Å². The molecule has 1 amide bonds. The first-order valence-electron chi connectivity index (χ1n) is 5.25. The van der Waals surface area contributed by atoms with E-state index < -0.39 is 5.97 Å². The summed E-state index contributed by atoms with van der Waals surface area (Å²) in [5.74, 6) is -0.983. The Morgan fingerprint density at radius 3 is 2.67 bits per heavy atom. The first-order chi connectivity index (χ1) is 8.41. The minimum absolute atomic E-state index is 0.0247. The molecule has 0 aromatic carbocycles. The maximum atomic E-state index is 11.3. The van der Waals surface area contributed by atoms with E-state index in [1.54, 1.807) is 14.1 Å². The van der Waals surface area contributed by atoms with Crippen molar-refractivity contribution in [3.8, 4) is 0 Å². The van der Waals surface area contributed by atoms with Crippen LogP contribution in [0.3, 0.4) is 0 Å². The van der Waals surface area contributed by atoms with Crippen LogP contribution in [-0.2, 0) is 4.79 Å². The molecule has 0 aliphatic heterocycles. The number of hydrogen-bond acceptors (Lipinski definition) is 4. The minimum Gasteiger partial charge on any atom is -0.478 e. The van der Waals surface area contributed by atoms with Crippen LogP contribution in [-0.4, -0.2) is 47.5 Å². The zero-order chi connectivity index (χ0) is 13.7. The first kappa shape index (κ1) is 14.2. The maximum absolute atomic E-state index is 11.3. The van der Waals surface area contributed by atoms with E-state index in [4.69, 9.17) is 16.7 Å². The number of aromatic nitrogens is 1. The quantitative estimate of drug-likeness (QED) is 0.790. The summed E-state index contributed by atoms with van der Waals surface area (Å²) >= 11 is 5.69. The van der Waals surface area contributed by atoms with Crippen molar-refractivity contribution in [2.45, 2.75) is 6.42 Å². The van der Waals surface area contributed by atoms with Gasteiger partial charge in [0, 0.05) is 27.1 Å². The number of aromatic carboxylic acids is 1. The highest BCUT2D eigenvalue weighted by molar-refractivity contribution is 6.29. The lowest BCUT2D eigenvalue weighted by Gasteiger charge is -2.12. The van der Waals surface area contributed by atoms with Crippen molar-refractivity contribution in [2.24, 2.45) is 0 Å². The Morgan fingerprint density at radius 1 is 1.44 bits per heavy atom. The Balaban J connectivity index is 2.69. The molecule has 98 valence electrons. The van der Waals surface area contributed by atoms with Crippen LogP contribution < -0.4 is 5.32 Å². The highest BCUT2D eigenvalue weighted by Crippen LogP contribution is 2.16. The first-order valence-corrected chi connectivity index (χ1v) is 5.63. The third-order valence-electron chi connectivity index (χ3n) is 2.22. The van der Waals surface area contributed by atoms with Gasteiger partial charge in [-0.15, -0.1) is 0 Å². The molecule has 0 radical (unpaired) electrons. The van der Waals surface area contributed by atoms with Gasteiger partial charge in [-0.2, -0.15) is 0 Å². The average Bonchev–Trinajstić information content (AvgIpc) is 2.28. The molecule has 1 aromatic heterocycles. The molecule has 0 saturated carbocycles. The highest BCUT2D eigenvalue weighted by atomic mass is 35.5. The second kappa shape index (κ2) is 6.20. The molecule has 18 heavy (non-hydrogen) atoms. The van der Waals surface area contributed by atoms with E-state index >= 15 is 0 Å². The predicted octanol–water partition coefficient (Wildman–Crippen LogP) is 1.32. The second-order valence-corrected chi connectivity index (χ2v) is 4.19. The molecule has 0 spiro atoms. The van der Waals surface area contributed by atoms with Crippen LogP contribution in [0.4, 0.5) is 5.82 Å². The fourth-order valence-electron chi connectivity index (χ4n) is 1.25. The van der Waals surface area contributed by atoms with Gasteiger partial charge in [0.25, 0.3) is 0 Å². The molecule has 1 aromatic rings. The number of anilines is 1. The lowest BCUT2D eigenvalue weighted by Crippen LogP contribution is -2.24. The van der Waals surface area contributed by atoms with Crippen LogP contribution >= 0.6 is 11.6 Å².